The van der Waals surface area contributed by atoms with Gasteiger partial charge >= 0.3 is 0 Å². The number of pyridine rings is 1. The second-order valence-corrected chi connectivity index (χ2v) is 7.22. The van der Waals surface area contributed by atoms with Crippen molar-refractivity contribution in [3.8, 4) is 0 Å². The number of alkyl halides is 1. The topological polar surface area (TPSA) is 53.4 Å². The molecule has 2 rings (SSSR count). The first-order chi connectivity index (χ1) is 10.8. The Balaban J connectivity index is 2.42. The molecule has 1 heterocycles. The van der Waals surface area contributed by atoms with Gasteiger partial charge in [0.25, 0.3) is 0 Å². The highest BCUT2D eigenvalue weighted by Gasteiger charge is 2.27. The van der Waals surface area contributed by atoms with Crippen LogP contribution in [-0.4, -0.2) is 20.1 Å². The van der Waals surface area contributed by atoms with E-state index < -0.39 is 11.0 Å². The number of allylic oxidation sites excluding steroid dienone is 1. The van der Waals surface area contributed by atoms with Crippen LogP contribution in [0.5, 0.6) is 0 Å². The number of aromatic nitrogens is 1. The largest absolute Gasteiger partial charge is 0.510 e. The van der Waals surface area contributed by atoms with E-state index in [2.05, 4.69) is 4.98 Å². The van der Waals surface area contributed by atoms with Crippen molar-refractivity contribution in [2.45, 2.75) is 31.2 Å². The van der Waals surface area contributed by atoms with Crippen molar-refractivity contribution in [2.24, 2.45) is 0 Å². The molecule has 23 heavy (non-hydrogen) atoms. The maximum atomic E-state index is 10.7. The number of hydrogen-bond donors (Lipinski definition) is 2. The van der Waals surface area contributed by atoms with Gasteiger partial charge in [-0.1, -0.05) is 29.8 Å². The molecule has 1 aromatic carbocycles. The van der Waals surface area contributed by atoms with Crippen molar-refractivity contribution in [3.05, 3.63) is 76.3 Å². The van der Waals surface area contributed by atoms with Gasteiger partial charge in [-0.25, -0.2) is 0 Å². The number of aliphatic hydroxyl groups is 2. The molecule has 2 aromatic rings. The van der Waals surface area contributed by atoms with E-state index in [9.17, 15) is 10.2 Å². The van der Waals surface area contributed by atoms with Gasteiger partial charge in [0, 0.05) is 28.6 Å². The third kappa shape index (κ3) is 4.71. The van der Waals surface area contributed by atoms with E-state index in [-0.39, 0.29) is 5.76 Å². The van der Waals surface area contributed by atoms with Gasteiger partial charge < -0.3 is 10.2 Å². The molecular formula is C18H19Cl2NO2. The van der Waals surface area contributed by atoms with Gasteiger partial charge in [-0.3, -0.25) is 4.98 Å². The molecule has 0 saturated heterocycles. The maximum absolute atomic E-state index is 10.7. The minimum atomic E-state index is -0.989. The molecule has 0 aliphatic carbocycles. The minimum absolute atomic E-state index is 0.0366. The molecule has 122 valence electrons. The van der Waals surface area contributed by atoms with Crippen LogP contribution < -0.4 is 0 Å². The summed E-state index contributed by atoms with van der Waals surface area (Å²) in [7, 11) is 0. The highest BCUT2D eigenvalue weighted by molar-refractivity contribution is 6.30. The van der Waals surface area contributed by atoms with Crippen molar-refractivity contribution in [1.82, 2.24) is 4.98 Å². The summed E-state index contributed by atoms with van der Waals surface area (Å²) in [5, 5.41) is 21.9. The second kappa shape index (κ2) is 7.35. The molecule has 1 aromatic heterocycles. The Kier molecular flexibility index (Phi) is 5.69. The fourth-order valence-corrected chi connectivity index (χ4v) is 2.50. The number of halogens is 2. The first kappa shape index (κ1) is 17.8. The van der Waals surface area contributed by atoms with Crippen molar-refractivity contribution in [3.63, 3.8) is 0 Å². The van der Waals surface area contributed by atoms with E-state index >= 15 is 0 Å². The Morgan fingerprint density at radius 2 is 1.87 bits per heavy atom. The first-order valence-electron chi connectivity index (χ1n) is 7.23. The summed E-state index contributed by atoms with van der Waals surface area (Å²) in [5.41, 5.74) is 1.96. The molecule has 0 bridgehead atoms. The molecule has 1 atom stereocenters. The molecule has 0 aliphatic rings. The lowest BCUT2D eigenvalue weighted by molar-refractivity contribution is 0.199. The van der Waals surface area contributed by atoms with Crippen LogP contribution in [0.25, 0.3) is 0 Å². The van der Waals surface area contributed by atoms with Crippen LogP contribution in [0.4, 0.5) is 0 Å². The van der Waals surface area contributed by atoms with Crippen molar-refractivity contribution in [2.75, 3.05) is 0 Å². The SMILES string of the molecule is CC(C)(Cl)/C(O)=C(/Cc1ccc(Cl)cc1)C(O)c1cccnc1. The summed E-state index contributed by atoms with van der Waals surface area (Å²) in [6.45, 7) is 3.36. The smallest absolute Gasteiger partial charge is 0.115 e. The van der Waals surface area contributed by atoms with Crippen LogP contribution >= 0.6 is 23.2 Å². The Bertz CT molecular complexity index is 676. The highest BCUT2D eigenvalue weighted by atomic mass is 35.5. The van der Waals surface area contributed by atoms with Gasteiger partial charge in [0.15, 0.2) is 0 Å². The summed E-state index contributed by atoms with van der Waals surface area (Å²) < 4.78 is 0. The second-order valence-electron chi connectivity index (χ2n) is 5.84. The van der Waals surface area contributed by atoms with E-state index in [0.717, 1.165) is 5.56 Å². The van der Waals surface area contributed by atoms with Crippen LogP contribution in [-0.2, 0) is 6.42 Å². The van der Waals surface area contributed by atoms with Crippen molar-refractivity contribution in [1.29, 1.82) is 0 Å². The molecule has 0 aliphatic heterocycles. The molecular weight excluding hydrogens is 333 g/mol. The first-order valence-corrected chi connectivity index (χ1v) is 7.98. The Hall–Kier alpha value is -1.55. The van der Waals surface area contributed by atoms with Crippen molar-refractivity contribution >= 4 is 23.2 Å². The van der Waals surface area contributed by atoms with Gasteiger partial charge in [-0.2, -0.15) is 0 Å². The number of hydrogen-bond acceptors (Lipinski definition) is 3. The molecule has 0 saturated carbocycles. The van der Waals surface area contributed by atoms with Crippen LogP contribution in [0, 0.1) is 0 Å². The summed E-state index contributed by atoms with van der Waals surface area (Å²) >= 11 is 12.1. The van der Waals surface area contributed by atoms with Gasteiger partial charge in [0.2, 0.25) is 0 Å². The van der Waals surface area contributed by atoms with Crippen LogP contribution in [0.1, 0.15) is 31.1 Å². The normalized spacial score (nSPS) is 14.3. The fourth-order valence-electron chi connectivity index (χ4n) is 2.25. The average Bonchev–Trinajstić information content (AvgIpc) is 2.53. The zero-order valence-corrected chi connectivity index (χ0v) is 14.5. The van der Waals surface area contributed by atoms with Crippen LogP contribution in [0.15, 0.2) is 60.1 Å². The van der Waals surface area contributed by atoms with Gasteiger partial charge in [-0.15, -0.1) is 11.6 Å². The monoisotopic (exact) mass is 351 g/mol. The van der Waals surface area contributed by atoms with Crippen molar-refractivity contribution < 1.29 is 10.2 Å². The lowest BCUT2D eigenvalue weighted by Gasteiger charge is -2.23. The Morgan fingerprint density at radius 3 is 2.39 bits per heavy atom. The third-order valence-corrected chi connectivity index (χ3v) is 3.94. The zero-order chi connectivity index (χ0) is 17.0. The van der Waals surface area contributed by atoms with E-state index in [0.29, 0.717) is 22.6 Å². The van der Waals surface area contributed by atoms with E-state index in [1.807, 2.05) is 12.1 Å². The number of aliphatic hydroxyl groups excluding tert-OH is 2. The minimum Gasteiger partial charge on any atom is -0.510 e. The van der Waals surface area contributed by atoms with Crippen LogP contribution in [0.2, 0.25) is 5.02 Å². The summed E-state index contributed by atoms with van der Waals surface area (Å²) in [4.78, 5) is 3.03. The Labute approximate surface area is 146 Å². The Morgan fingerprint density at radius 1 is 1.22 bits per heavy atom. The fraction of sp³-hybridized carbons (Fsp3) is 0.278. The van der Waals surface area contributed by atoms with Gasteiger partial charge in [-0.05, 0) is 44.0 Å². The lowest BCUT2D eigenvalue weighted by Crippen LogP contribution is -2.20. The highest BCUT2D eigenvalue weighted by Crippen LogP contribution is 2.33. The summed E-state index contributed by atoms with van der Waals surface area (Å²) in [6, 6.07) is 10.7. The quantitative estimate of drug-likeness (QED) is 0.598. The summed E-state index contributed by atoms with van der Waals surface area (Å²) in [6.07, 6.45) is 2.57. The van der Waals surface area contributed by atoms with E-state index in [1.165, 1.54) is 0 Å². The molecule has 3 nitrogen and oxygen atoms in total. The third-order valence-electron chi connectivity index (χ3n) is 3.51. The van der Waals surface area contributed by atoms with Crippen LogP contribution in [0.3, 0.4) is 0 Å². The zero-order valence-electron chi connectivity index (χ0n) is 13.0. The molecule has 0 amide bonds. The molecule has 0 radical (unpaired) electrons. The number of rotatable bonds is 5. The lowest BCUT2D eigenvalue weighted by atomic mass is 9.92. The molecule has 0 fully saturated rings. The summed E-state index contributed by atoms with van der Waals surface area (Å²) in [5.74, 6) is -0.0366. The standard InChI is InChI=1S/C18H19Cl2NO2/c1-18(2,20)17(23)15(10-12-5-7-14(19)8-6-12)16(22)13-4-3-9-21-11-13/h3-9,11,16,22-23H,10H2,1-2H3/b17-15+. The molecule has 0 spiro atoms. The molecule has 2 N–H and O–H groups in total. The number of benzene rings is 1. The predicted octanol–water partition coefficient (Wildman–Crippen LogP) is 4.84. The average molecular weight is 352 g/mol. The van der Waals surface area contributed by atoms with Gasteiger partial charge in [0.1, 0.15) is 11.9 Å². The van der Waals surface area contributed by atoms with E-state index in [1.54, 1.807) is 50.5 Å². The number of nitrogens with zero attached hydrogens (tertiary/aromatic N) is 1. The van der Waals surface area contributed by atoms with E-state index in [4.69, 9.17) is 23.2 Å². The van der Waals surface area contributed by atoms with Gasteiger partial charge in [0.05, 0.1) is 4.87 Å². The maximum Gasteiger partial charge on any atom is 0.115 e. The molecule has 1 unspecified atom stereocenters. The molecule has 5 heteroatoms. The predicted molar refractivity (Wildman–Crippen MR) is 93.9 cm³/mol.